The molecular weight excluding hydrogens is 314 g/mol. The number of hydrogen-bond donors (Lipinski definition) is 3. The highest BCUT2D eigenvalue weighted by Crippen LogP contribution is 2.21. The second-order valence-corrected chi connectivity index (χ2v) is 5.98. The van der Waals surface area contributed by atoms with E-state index >= 15 is 0 Å². The first-order chi connectivity index (χ1) is 12.2. The number of imidazole rings is 1. The van der Waals surface area contributed by atoms with E-state index in [2.05, 4.69) is 19.9 Å². The molecule has 0 saturated carbocycles. The number of aromatic nitrogens is 3. The molecule has 6 nitrogen and oxygen atoms in total. The van der Waals surface area contributed by atoms with Gasteiger partial charge in [-0.3, -0.25) is 4.79 Å². The van der Waals surface area contributed by atoms with E-state index in [0.29, 0.717) is 12.4 Å². The number of nitrogens with zero attached hydrogens (tertiary/aromatic N) is 2. The van der Waals surface area contributed by atoms with E-state index in [1.165, 1.54) is 0 Å². The number of anilines is 1. The topological polar surface area (TPSA) is 88.7 Å². The lowest BCUT2D eigenvalue weighted by molar-refractivity contribution is 0.101. The molecule has 0 radical (unpaired) electrons. The van der Waals surface area contributed by atoms with Gasteiger partial charge in [0.05, 0.1) is 11.0 Å². The van der Waals surface area contributed by atoms with Crippen LogP contribution in [0.4, 0.5) is 5.69 Å². The van der Waals surface area contributed by atoms with Crippen molar-refractivity contribution in [3.63, 3.8) is 0 Å². The third-order valence-electron chi connectivity index (χ3n) is 4.24. The van der Waals surface area contributed by atoms with Crippen LogP contribution in [-0.2, 0) is 6.54 Å². The summed E-state index contributed by atoms with van der Waals surface area (Å²) in [4.78, 5) is 19.8. The first kappa shape index (κ1) is 15.4. The molecule has 25 heavy (non-hydrogen) atoms. The molecule has 2 aromatic carbocycles. The van der Waals surface area contributed by atoms with Crippen LogP contribution in [-0.4, -0.2) is 27.0 Å². The fraction of sp³-hybridized carbons (Fsp3) is 0.158. The Kier molecular flexibility index (Phi) is 3.95. The summed E-state index contributed by atoms with van der Waals surface area (Å²) in [6.45, 7) is 1.57. The number of H-pyrrole nitrogens is 1. The third kappa shape index (κ3) is 2.99. The van der Waals surface area contributed by atoms with Gasteiger partial charge in [0.15, 0.2) is 5.82 Å². The average molecular weight is 333 g/mol. The summed E-state index contributed by atoms with van der Waals surface area (Å²) in [5.74, 6) is 0.0555. The van der Waals surface area contributed by atoms with Gasteiger partial charge in [-0.05, 0) is 49.4 Å². The molecule has 4 N–H and O–H groups in total. The number of nitrogens with one attached hydrogen (secondary N) is 2. The Morgan fingerprint density at radius 2 is 2.08 bits per heavy atom. The van der Waals surface area contributed by atoms with Gasteiger partial charge in [-0.15, -0.1) is 0 Å². The lowest BCUT2D eigenvalue weighted by Gasteiger charge is -2.06. The quantitative estimate of drug-likeness (QED) is 0.524. The molecular formula is C19H19N5O. The minimum absolute atomic E-state index is 0.252. The van der Waals surface area contributed by atoms with Crippen LogP contribution in [0.3, 0.4) is 0 Å². The van der Waals surface area contributed by atoms with E-state index in [4.69, 9.17) is 5.73 Å². The van der Waals surface area contributed by atoms with Crippen molar-refractivity contribution in [1.29, 1.82) is 0 Å². The van der Waals surface area contributed by atoms with Crippen molar-refractivity contribution in [3.05, 3.63) is 60.6 Å². The van der Waals surface area contributed by atoms with E-state index in [1.807, 2.05) is 54.7 Å². The molecule has 6 heteroatoms. The average Bonchev–Trinajstić information content (AvgIpc) is 3.23. The molecule has 0 aliphatic carbocycles. The zero-order valence-corrected chi connectivity index (χ0v) is 13.7. The van der Waals surface area contributed by atoms with E-state index in [1.54, 1.807) is 0 Å². The maximum absolute atomic E-state index is 12.4. The Labute approximate surface area is 144 Å². The fourth-order valence-corrected chi connectivity index (χ4v) is 2.99. The van der Waals surface area contributed by atoms with Crippen molar-refractivity contribution < 1.29 is 4.79 Å². The number of aryl methyl sites for hydroxylation is 1. The minimum atomic E-state index is -0.252. The monoisotopic (exact) mass is 333 g/mol. The number of amides is 1. The van der Waals surface area contributed by atoms with E-state index in [0.717, 1.165) is 40.6 Å². The van der Waals surface area contributed by atoms with Crippen LogP contribution in [0.25, 0.3) is 21.9 Å². The molecule has 0 aliphatic rings. The summed E-state index contributed by atoms with van der Waals surface area (Å²) < 4.78 is 2.17. The second-order valence-electron chi connectivity index (χ2n) is 5.98. The molecule has 0 fully saturated rings. The smallest absolute Gasteiger partial charge is 0.291 e. The molecule has 4 rings (SSSR count). The largest absolute Gasteiger partial charge is 0.347 e. The Morgan fingerprint density at radius 3 is 2.92 bits per heavy atom. The first-order valence-corrected chi connectivity index (χ1v) is 8.30. The van der Waals surface area contributed by atoms with Gasteiger partial charge in [0.25, 0.3) is 5.91 Å². The van der Waals surface area contributed by atoms with Crippen LogP contribution in [0.2, 0.25) is 0 Å². The summed E-state index contributed by atoms with van der Waals surface area (Å²) in [5, 5.41) is 3.98. The third-order valence-corrected chi connectivity index (χ3v) is 4.24. The van der Waals surface area contributed by atoms with Gasteiger partial charge in [-0.2, -0.15) is 0 Å². The second kappa shape index (κ2) is 6.41. The van der Waals surface area contributed by atoms with Crippen LogP contribution in [0.15, 0.2) is 54.7 Å². The number of rotatable bonds is 5. The lowest BCUT2D eigenvalue weighted by Crippen LogP contribution is -2.13. The van der Waals surface area contributed by atoms with Crippen molar-refractivity contribution in [1.82, 2.24) is 14.5 Å². The minimum Gasteiger partial charge on any atom is -0.347 e. The van der Waals surface area contributed by atoms with Crippen LogP contribution in [0.5, 0.6) is 0 Å². The van der Waals surface area contributed by atoms with E-state index in [9.17, 15) is 4.79 Å². The Bertz CT molecular complexity index is 1010. The molecule has 1 amide bonds. The summed E-state index contributed by atoms with van der Waals surface area (Å²) >= 11 is 0. The molecule has 126 valence electrons. The highest BCUT2D eigenvalue weighted by atomic mass is 16.2. The first-order valence-electron chi connectivity index (χ1n) is 8.30. The van der Waals surface area contributed by atoms with Crippen molar-refractivity contribution in [2.45, 2.75) is 13.0 Å². The summed E-state index contributed by atoms with van der Waals surface area (Å²) in [5.41, 5.74) is 9.09. The van der Waals surface area contributed by atoms with Gasteiger partial charge < -0.3 is 20.6 Å². The van der Waals surface area contributed by atoms with Crippen LogP contribution in [0, 0.1) is 0 Å². The predicted molar refractivity (Wildman–Crippen MR) is 99.7 cm³/mol. The van der Waals surface area contributed by atoms with Crippen molar-refractivity contribution >= 4 is 33.5 Å². The van der Waals surface area contributed by atoms with Crippen LogP contribution >= 0.6 is 0 Å². The number of benzene rings is 2. The highest BCUT2D eigenvalue weighted by molar-refractivity contribution is 6.04. The predicted octanol–water partition coefficient (Wildman–Crippen LogP) is 3.12. The van der Waals surface area contributed by atoms with E-state index in [-0.39, 0.29) is 5.91 Å². The maximum atomic E-state index is 12.4. The summed E-state index contributed by atoms with van der Waals surface area (Å²) in [6.07, 6.45) is 2.99. The normalized spacial score (nSPS) is 11.2. The zero-order chi connectivity index (χ0) is 17.2. The molecule has 0 bridgehead atoms. The summed E-state index contributed by atoms with van der Waals surface area (Å²) in [6, 6.07) is 15.5. The molecule has 0 atom stereocenters. The molecule has 0 unspecified atom stereocenters. The van der Waals surface area contributed by atoms with Crippen molar-refractivity contribution in [2.24, 2.45) is 5.73 Å². The van der Waals surface area contributed by atoms with Crippen molar-refractivity contribution in [2.75, 3.05) is 11.9 Å². The Hall–Kier alpha value is -3.12. The van der Waals surface area contributed by atoms with Gasteiger partial charge in [0.2, 0.25) is 0 Å². The van der Waals surface area contributed by atoms with E-state index < -0.39 is 0 Å². The number of para-hydroxylation sites is 2. The number of nitrogens with two attached hydrogens (primary N) is 1. The highest BCUT2D eigenvalue weighted by Gasteiger charge is 2.12. The van der Waals surface area contributed by atoms with Gasteiger partial charge in [0, 0.05) is 29.3 Å². The fourth-order valence-electron chi connectivity index (χ4n) is 2.99. The van der Waals surface area contributed by atoms with Gasteiger partial charge in [-0.1, -0.05) is 12.1 Å². The standard InChI is InChI=1S/C19H19N5O/c20-9-3-10-24-11-8-13-12-14(6-7-17(13)24)21-19(25)18-22-15-4-1-2-5-16(15)23-18/h1-2,4-8,11-12H,3,9-10,20H2,(H,21,25)(H,22,23). The molecule has 2 aromatic heterocycles. The lowest BCUT2D eigenvalue weighted by atomic mass is 10.2. The molecule has 4 aromatic rings. The zero-order valence-electron chi connectivity index (χ0n) is 13.7. The van der Waals surface area contributed by atoms with Crippen LogP contribution < -0.4 is 11.1 Å². The van der Waals surface area contributed by atoms with Gasteiger partial charge >= 0.3 is 0 Å². The maximum Gasteiger partial charge on any atom is 0.291 e. The van der Waals surface area contributed by atoms with Crippen molar-refractivity contribution in [3.8, 4) is 0 Å². The number of aromatic amines is 1. The van der Waals surface area contributed by atoms with Gasteiger partial charge in [0.1, 0.15) is 0 Å². The molecule has 0 saturated heterocycles. The Morgan fingerprint density at radius 1 is 1.20 bits per heavy atom. The number of carbonyl (C=O) groups is 1. The number of fused-ring (bicyclic) bond motifs is 2. The van der Waals surface area contributed by atoms with Crippen LogP contribution in [0.1, 0.15) is 17.0 Å². The number of hydrogen-bond acceptors (Lipinski definition) is 3. The number of carbonyl (C=O) groups excluding carboxylic acids is 1. The molecule has 0 spiro atoms. The molecule has 0 aliphatic heterocycles. The Balaban J connectivity index is 1.56. The SMILES string of the molecule is NCCCn1ccc2cc(NC(=O)c3nc4ccccc4[nH]3)ccc21. The summed E-state index contributed by atoms with van der Waals surface area (Å²) in [7, 11) is 0. The molecule has 2 heterocycles. The van der Waals surface area contributed by atoms with Gasteiger partial charge in [-0.25, -0.2) is 4.98 Å².